The predicted molar refractivity (Wildman–Crippen MR) is 123 cm³/mol. The molecule has 0 aliphatic carbocycles. The third-order valence-corrected chi connectivity index (χ3v) is 6.66. The van der Waals surface area contributed by atoms with Crippen LogP contribution in [0.3, 0.4) is 0 Å². The van der Waals surface area contributed by atoms with Crippen LogP contribution in [0.25, 0.3) is 0 Å². The maximum atomic E-state index is 12.7. The molecule has 0 radical (unpaired) electrons. The normalized spacial score (nSPS) is 20.7. The number of hydrogen-bond acceptors (Lipinski definition) is 7. The van der Waals surface area contributed by atoms with E-state index in [-0.39, 0.29) is 17.5 Å². The van der Waals surface area contributed by atoms with Gasteiger partial charge in [0, 0.05) is 37.4 Å². The summed E-state index contributed by atoms with van der Waals surface area (Å²) in [5.41, 5.74) is 12.4. The smallest absolute Gasteiger partial charge is 0.267 e. The first-order valence-corrected chi connectivity index (χ1v) is 11.4. The van der Waals surface area contributed by atoms with E-state index in [0.29, 0.717) is 30.2 Å². The molecule has 1 aromatic carbocycles. The van der Waals surface area contributed by atoms with E-state index in [9.17, 15) is 14.4 Å². The highest BCUT2D eigenvalue weighted by molar-refractivity contribution is 8.04. The Balaban J connectivity index is 1.55. The van der Waals surface area contributed by atoms with Crippen molar-refractivity contribution in [3.8, 4) is 0 Å². The summed E-state index contributed by atoms with van der Waals surface area (Å²) in [5, 5.41) is 6.15. The molecule has 168 valence electrons. The Morgan fingerprint density at radius 2 is 1.90 bits per heavy atom. The lowest BCUT2D eigenvalue weighted by molar-refractivity contribution is -0.127. The molecule has 10 heteroatoms. The molecule has 2 heterocycles. The van der Waals surface area contributed by atoms with E-state index in [0.717, 1.165) is 25.3 Å². The van der Waals surface area contributed by atoms with Gasteiger partial charge in [-0.1, -0.05) is 17.8 Å². The molecule has 9 nitrogen and oxygen atoms in total. The van der Waals surface area contributed by atoms with Crippen molar-refractivity contribution in [2.45, 2.75) is 31.4 Å². The molecule has 1 atom stereocenters. The summed E-state index contributed by atoms with van der Waals surface area (Å²) >= 11 is 1.23. The minimum atomic E-state index is -0.740. The second kappa shape index (κ2) is 10.5. The van der Waals surface area contributed by atoms with Gasteiger partial charge in [-0.05, 0) is 51.1 Å². The maximum absolute atomic E-state index is 12.7. The fourth-order valence-corrected chi connectivity index (χ4v) is 4.91. The van der Waals surface area contributed by atoms with Gasteiger partial charge in [0.15, 0.2) is 0 Å². The molecule has 2 aliphatic rings. The van der Waals surface area contributed by atoms with Gasteiger partial charge >= 0.3 is 0 Å². The lowest BCUT2D eigenvalue weighted by atomic mass is 10.2. The summed E-state index contributed by atoms with van der Waals surface area (Å²) in [7, 11) is 0. The van der Waals surface area contributed by atoms with E-state index in [4.69, 9.17) is 11.5 Å². The minimum Gasteiger partial charge on any atom is -0.392 e. The zero-order chi connectivity index (χ0) is 22.4. The van der Waals surface area contributed by atoms with Gasteiger partial charge in [0.2, 0.25) is 11.8 Å². The van der Waals surface area contributed by atoms with Gasteiger partial charge in [-0.15, -0.1) is 0 Å². The topological polar surface area (TPSA) is 134 Å². The number of anilines is 2. The average Bonchev–Trinajstić information content (AvgIpc) is 3.38. The number of nitrogens with one attached hydrogen (secondary N) is 2. The molecule has 1 aromatic rings. The number of likely N-dealkylation sites (tertiary alicyclic amines) is 1. The molecule has 0 spiro atoms. The summed E-state index contributed by atoms with van der Waals surface area (Å²) in [6.45, 7) is 5.50. The summed E-state index contributed by atoms with van der Waals surface area (Å²) < 4.78 is 0. The zero-order valence-corrected chi connectivity index (χ0v) is 18.5. The number of amides is 3. The highest BCUT2D eigenvalue weighted by Gasteiger charge is 2.37. The van der Waals surface area contributed by atoms with Crippen molar-refractivity contribution in [2.75, 3.05) is 43.4 Å². The monoisotopic (exact) mass is 446 g/mol. The number of rotatable bonds is 9. The number of carbonyl (C=O) groups is 3. The van der Waals surface area contributed by atoms with Crippen molar-refractivity contribution < 1.29 is 14.4 Å². The molecule has 3 rings (SSSR count). The van der Waals surface area contributed by atoms with Crippen LogP contribution in [-0.4, -0.2) is 65.5 Å². The number of thioether (sulfide) groups is 1. The Hall–Kier alpha value is -2.72. The first kappa shape index (κ1) is 23.0. The van der Waals surface area contributed by atoms with Crippen LogP contribution in [0.4, 0.5) is 11.4 Å². The lowest BCUT2D eigenvalue weighted by Crippen LogP contribution is -2.33. The molecule has 3 amide bonds. The number of benzene rings is 1. The van der Waals surface area contributed by atoms with E-state index in [2.05, 4.69) is 15.5 Å². The van der Waals surface area contributed by atoms with E-state index < -0.39 is 11.2 Å². The first-order valence-electron chi connectivity index (χ1n) is 10.5. The van der Waals surface area contributed by atoms with E-state index in [1.807, 2.05) is 31.2 Å². The molecule has 6 N–H and O–H groups in total. The lowest BCUT2D eigenvalue weighted by Gasteiger charge is -2.16. The number of primary amides is 1. The fraction of sp³-hybridized carbons (Fsp3) is 0.476. The van der Waals surface area contributed by atoms with E-state index in [1.165, 1.54) is 29.5 Å². The Kier molecular flexibility index (Phi) is 7.80. The summed E-state index contributed by atoms with van der Waals surface area (Å²) in [4.78, 5) is 40.1. The number of hydrogen-bond donors (Lipinski definition) is 4. The zero-order valence-electron chi connectivity index (χ0n) is 17.7. The maximum Gasteiger partial charge on any atom is 0.267 e. The van der Waals surface area contributed by atoms with Crippen LogP contribution in [0, 0.1) is 0 Å². The molecular formula is C21H30N6O3S. The van der Waals surface area contributed by atoms with Crippen LogP contribution in [0.2, 0.25) is 0 Å². The largest absolute Gasteiger partial charge is 0.392 e. The second-order valence-electron chi connectivity index (χ2n) is 7.58. The summed E-state index contributed by atoms with van der Waals surface area (Å²) in [6.07, 6.45) is 2.88. The third-order valence-electron chi connectivity index (χ3n) is 5.34. The molecule has 31 heavy (non-hydrogen) atoms. The van der Waals surface area contributed by atoms with Gasteiger partial charge in [-0.25, -0.2) is 0 Å². The average molecular weight is 447 g/mol. The quantitative estimate of drug-likeness (QED) is 0.417. The Labute approximate surface area is 186 Å². The van der Waals surface area contributed by atoms with Gasteiger partial charge in [-0.2, -0.15) is 0 Å². The summed E-state index contributed by atoms with van der Waals surface area (Å²) in [5.74, 6) is -0.873. The molecular weight excluding hydrogens is 416 g/mol. The van der Waals surface area contributed by atoms with Gasteiger partial charge in [0.1, 0.15) is 16.0 Å². The van der Waals surface area contributed by atoms with Gasteiger partial charge < -0.3 is 31.9 Å². The summed E-state index contributed by atoms with van der Waals surface area (Å²) in [6, 6.07) is 7.39. The standard InChI is InChI=1S/C21H30N6O3S/c1-2-27-20(30)16(31-21(27)18(22)19(23)29)13-24-14-6-5-7-15(12-14)25-17(28)8-11-26-9-3-4-10-26/h5-7,12,16,24H,2-4,8-11,13,22H2,1H3,(H2,23,29)(H,25,28)/b21-18+/t16-/m1/s1. The van der Waals surface area contributed by atoms with Crippen LogP contribution in [0.1, 0.15) is 26.2 Å². The number of nitrogens with two attached hydrogens (primary N) is 2. The van der Waals surface area contributed by atoms with Gasteiger partial charge in [0.05, 0.1) is 0 Å². The Bertz CT molecular complexity index is 868. The van der Waals surface area contributed by atoms with Crippen LogP contribution < -0.4 is 22.1 Å². The highest BCUT2D eigenvalue weighted by atomic mass is 32.2. The van der Waals surface area contributed by atoms with Crippen LogP contribution in [0.5, 0.6) is 0 Å². The molecule has 0 bridgehead atoms. The Morgan fingerprint density at radius 3 is 2.58 bits per heavy atom. The number of nitrogens with zero attached hydrogens (tertiary/aromatic N) is 2. The Morgan fingerprint density at radius 1 is 1.19 bits per heavy atom. The molecule has 2 saturated heterocycles. The highest BCUT2D eigenvalue weighted by Crippen LogP contribution is 2.36. The van der Waals surface area contributed by atoms with Crippen LogP contribution in [-0.2, 0) is 14.4 Å². The number of carbonyl (C=O) groups excluding carboxylic acids is 3. The minimum absolute atomic E-state index is 0.0131. The first-order chi connectivity index (χ1) is 14.9. The van der Waals surface area contributed by atoms with E-state index >= 15 is 0 Å². The van der Waals surface area contributed by atoms with Crippen LogP contribution in [0.15, 0.2) is 35.0 Å². The molecule has 2 fully saturated rings. The van der Waals surface area contributed by atoms with Crippen molar-refractivity contribution in [2.24, 2.45) is 11.5 Å². The van der Waals surface area contributed by atoms with Gasteiger partial charge in [-0.3, -0.25) is 14.4 Å². The molecule has 0 aromatic heterocycles. The van der Waals surface area contributed by atoms with Crippen molar-refractivity contribution >= 4 is 40.9 Å². The second-order valence-corrected chi connectivity index (χ2v) is 8.77. The van der Waals surface area contributed by atoms with Crippen molar-refractivity contribution in [3.63, 3.8) is 0 Å². The fourth-order valence-electron chi connectivity index (χ4n) is 3.67. The SMILES string of the molecule is CCN1C(=O)[C@@H](CNc2cccc(NC(=O)CCN3CCCC3)c2)S/C1=C(/N)C(N)=O. The molecule has 0 saturated carbocycles. The van der Waals surface area contributed by atoms with E-state index in [1.54, 1.807) is 0 Å². The third kappa shape index (κ3) is 5.92. The van der Waals surface area contributed by atoms with Crippen molar-refractivity contribution in [3.05, 3.63) is 35.0 Å². The molecule has 2 aliphatic heterocycles. The van der Waals surface area contributed by atoms with Gasteiger partial charge in [0.25, 0.3) is 5.91 Å². The van der Waals surface area contributed by atoms with Crippen LogP contribution >= 0.6 is 11.8 Å². The van der Waals surface area contributed by atoms with Crippen molar-refractivity contribution in [1.82, 2.24) is 9.80 Å². The van der Waals surface area contributed by atoms with Crippen molar-refractivity contribution in [1.29, 1.82) is 0 Å². The predicted octanol–water partition coefficient (Wildman–Crippen LogP) is 1.10. The molecule has 0 unspecified atom stereocenters.